The fourth-order valence-corrected chi connectivity index (χ4v) is 6.30. The minimum atomic E-state index is -5.78. The van der Waals surface area contributed by atoms with E-state index in [1.165, 1.54) is 24.3 Å². The second kappa shape index (κ2) is 13.9. The molecule has 0 radical (unpaired) electrons. The Bertz CT molecular complexity index is 1870. The fraction of sp³-hybridized carbons (Fsp3) is 0.200. The molecular formula is C30H29F2N4O9PS. The van der Waals surface area contributed by atoms with Gasteiger partial charge in [0.05, 0.1) is 6.42 Å². The number of benzene rings is 3. The van der Waals surface area contributed by atoms with E-state index in [9.17, 15) is 40.9 Å². The molecule has 1 aliphatic heterocycles. The molecule has 4 amide bonds. The highest BCUT2D eigenvalue weighted by atomic mass is 32.2. The molecule has 0 saturated carbocycles. The molecule has 1 heterocycles. The molecule has 13 nitrogen and oxygen atoms in total. The second-order valence-electron chi connectivity index (χ2n) is 10.6. The molecule has 17 heteroatoms. The Balaban J connectivity index is 1.47. The van der Waals surface area contributed by atoms with E-state index in [0.29, 0.717) is 11.1 Å². The van der Waals surface area contributed by atoms with E-state index in [1.54, 1.807) is 30.3 Å². The summed E-state index contributed by atoms with van der Waals surface area (Å²) in [6, 6.07) is 15.8. The maximum Gasteiger partial charge on any atom is 0.399 e. The van der Waals surface area contributed by atoms with Gasteiger partial charge in [0.1, 0.15) is 17.0 Å². The summed E-state index contributed by atoms with van der Waals surface area (Å²) in [6.07, 6.45) is 0.474. The average molecular weight is 691 g/mol. The Morgan fingerprint density at radius 1 is 0.851 bits per heavy atom. The van der Waals surface area contributed by atoms with Gasteiger partial charge in [0.15, 0.2) is 0 Å². The highest BCUT2D eigenvalue weighted by Crippen LogP contribution is 2.59. The molecule has 248 valence electrons. The van der Waals surface area contributed by atoms with Crippen molar-refractivity contribution >= 4 is 46.2 Å². The minimum Gasteiger partial charge on any atom is -0.368 e. The Hall–Kier alpha value is -4.76. The van der Waals surface area contributed by atoms with Crippen LogP contribution in [-0.4, -0.2) is 53.9 Å². The molecule has 0 bridgehead atoms. The lowest BCUT2D eigenvalue weighted by Crippen LogP contribution is -2.54. The minimum absolute atomic E-state index is 0.00236. The van der Waals surface area contributed by atoms with Crippen LogP contribution in [0.1, 0.15) is 27.8 Å². The Labute approximate surface area is 267 Å². The van der Waals surface area contributed by atoms with Crippen LogP contribution in [-0.2, 0) is 58.7 Å². The molecule has 1 aliphatic rings. The van der Waals surface area contributed by atoms with E-state index in [-0.39, 0.29) is 35.3 Å². The largest absolute Gasteiger partial charge is 0.399 e. The summed E-state index contributed by atoms with van der Waals surface area (Å²) in [5.74, 6) is -3.12. The van der Waals surface area contributed by atoms with Crippen LogP contribution in [0.25, 0.3) is 4.91 Å². The molecule has 47 heavy (non-hydrogen) atoms. The molecule has 0 spiro atoms. The molecule has 0 aliphatic carbocycles. The van der Waals surface area contributed by atoms with Crippen molar-refractivity contribution in [2.24, 2.45) is 5.73 Å². The number of alkyl halides is 2. The van der Waals surface area contributed by atoms with Crippen LogP contribution in [0.15, 0.2) is 84.9 Å². The number of sulfonamides is 1. The van der Waals surface area contributed by atoms with Crippen molar-refractivity contribution in [2.75, 3.05) is 0 Å². The van der Waals surface area contributed by atoms with E-state index >= 15 is 0 Å². The fourth-order valence-electron chi connectivity index (χ4n) is 4.67. The number of nitrogens with one attached hydrogen (secondary N) is 3. The van der Waals surface area contributed by atoms with Gasteiger partial charge in [-0.05, 0) is 22.3 Å². The number of hydrogen-bond donors (Lipinski definition) is 6. The number of rotatable bonds is 13. The number of amides is 4. The highest BCUT2D eigenvalue weighted by molar-refractivity contribution is 7.99. The number of primary amides is 1. The maximum absolute atomic E-state index is 14.0. The molecule has 0 saturated heterocycles. The van der Waals surface area contributed by atoms with Gasteiger partial charge in [0.2, 0.25) is 17.7 Å². The predicted molar refractivity (Wildman–Crippen MR) is 164 cm³/mol. The molecule has 0 aromatic heterocycles. The highest BCUT2D eigenvalue weighted by Gasteiger charge is 2.50. The SMILES string of the molecule is NC(=O)[C@H](Cc1ccc(C2=CC(=O)NS2(=O)=O)cc1)NC(=O)[C@H](Cc1ccccc1)NC(=O)Cc1ccc(C(F)(F)P(=O)(O)O)cc1. The summed E-state index contributed by atoms with van der Waals surface area (Å²) in [4.78, 5) is 67.8. The normalized spacial score (nSPS) is 15.6. The number of nitrogens with two attached hydrogens (primary N) is 1. The van der Waals surface area contributed by atoms with Crippen LogP contribution in [0.4, 0.5) is 8.78 Å². The van der Waals surface area contributed by atoms with Crippen LogP contribution in [0.2, 0.25) is 0 Å². The molecule has 0 unspecified atom stereocenters. The molecule has 7 N–H and O–H groups in total. The van der Waals surface area contributed by atoms with Gasteiger partial charge in [0, 0.05) is 24.5 Å². The standard InChI is InChI=1S/C30H29F2N4O9PS/c31-30(32,46(41,42)43)22-12-8-20(9-13-22)16-26(37)34-24(15-18-4-2-1-3-5-18)29(40)35-23(28(33)39)14-19-6-10-21(11-7-19)25-17-27(38)36-47(25,44)45/h1-13,17,23-24H,14-16H2,(H2,33,39)(H,34,37)(H,35,40)(H,36,38)(H2,41,42,43)/t23-,24-/m0/s1. The zero-order valence-corrected chi connectivity index (χ0v) is 26.0. The Kier molecular flexibility index (Phi) is 10.4. The number of halogens is 2. The van der Waals surface area contributed by atoms with Crippen LogP contribution in [0, 0.1) is 0 Å². The van der Waals surface area contributed by atoms with Crippen LogP contribution in [0.5, 0.6) is 0 Å². The number of hydrogen-bond acceptors (Lipinski definition) is 7. The van der Waals surface area contributed by atoms with Crippen LogP contribution >= 0.6 is 7.60 Å². The third-order valence-corrected chi connectivity index (χ3v) is 9.48. The first-order valence-electron chi connectivity index (χ1n) is 13.8. The summed E-state index contributed by atoms with van der Waals surface area (Å²) in [5.41, 5.74) is 1.80. The van der Waals surface area contributed by atoms with Gasteiger partial charge in [-0.3, -0.25) is 23.7 Å². The van der Waals surface area contributed by atoms with Gasteiger partial charge in [0.25, 0.3) is 15.9 Å². The van der Waals surface area contributed by atoms with Gasteiger partial charge >= 0.3 is 13.3 Å². The van der Waals surface area contributed by atoms with E-state index in [2.05, 4.69) is 10.6 Å². The van der Waals surface area contributed by atoms with Crippen molar-refractivity contribution in [2.45, 2.75) is 37.0 Å². The van der Waals surface area contributed by atoms with Crippen molar-refractivity contribution in [1.29, 1.82) is 0 Å². The van der Waals surface area contributed by atoms with Crippen molar-refractivity contribution in [3.63, 3.8) is 0 Å². The first kappa shape index (κ1) is 35.1. The second-order valence-corrected chi connectivity index (χ2v) is 13.9. The van der Waals surface area contributed by atoms with Crippen molar-refractivity contribution < 1.29 is 50.7 Å². The topological polar surface area (TPSA) is 222 Å². The van der Waals surface area contributed by atoms with Crippen molar-refractivity contribution in [1.82, 2.24) is 15.4 Å². The summed E-state index contributed by atoms with van der Waals surface area (Å²) in [6.45, 7) is 0. The Morgan fingerprint density at radius 3 is 1.94 bits per heavy atom. The first-order chi connectivity index (χ1) is 22.0. The summed E-state index contributed by atoms with van der Waals surface area (Å²) >= 11 is 0. The van der Waals surface area contributed by atoms with E-state index < -0.39 is 64.6 Å². The average Bonchev–Trinajstić information content (AvgIpc) is 3.28. The van der Waals surface area contributed by atoms with Crippen molar-refractivity contribution in [3.05, 3.63) is 113 Å². The molecule has 3 aromatic carbocycles. The smallest absolute Gasteiger partial charge is 0.368 e. The molecule has 3 aromatic rings. The van der Waals surface area contributed by atoms with Gasteiger partial charge in [-0.1, -0.05) is 78.9 Å². The van der Waals surface area contributed by atoms with E-state index in [1.807, 2.05) is 4.72 Å². The van der Waals surface area contributed by atoms with Crippen LogP contribution < -0.4 is 21.1 Å². The summed E-state index contributed by atoms with van der Waals surface area (Å²) in [7, 11) is -9.78. The van der Waals surface area contributed by atoms with Gasteiger partial charge in [-0.25, -0.2) is 13.1 Å². The van der Waals surface area contributed by atoms with Gasteiger partial charge < -0.3 is 26.2 Å². The molecular weight excluding hydrogens is 661 g/mol. The zero-order chi connectivity index (χ0) is 34.6. The summed E-state index contributed by atoms with van der Waals surface area (Å²) in [5, 5.41) is 5.10. The van der Waals surface area contributed by atoms with Gasteiger partial charge in [-0.2, -0.15) is 8.78 Å². The third-order valence-electron chi connectivity index (χ3n) is 7.09. The first-order valence-corrected chi connectivity index (χ1v) is 16.9. The lowest BCUT2D eigenvalue weighted by Gasteiger charge is -2.22. The quantitative estimate of drug-likeness (QED) is 0.142. The Morgan fingerprint density at radius 2 is 1.40 bits per heavy atom. The number of carbonyl (C=O) groups excluding carboxylic acids is 4. The zero-order valence-electron chi connectivity index (χ0n) is 24.3. The van der Waals surface area contributed by atoms with Gasteiger partial charge in [-0.15, -0.1) is 0 Å². The number of carbonyl (C=O) groups is 4. The lowest BCUT2D eigenvalue weighted by molar-refractivity contribution is -0.131. The molecule has 2 atom stereocenters. The summed E-state index contributed by atoms with van der Waals surface area (Å²) < 4.78 is 65.2. The monoisotopic (exact) mass is 690 g/mol. The van der Waals surface area contributed by atoms with E-state index in [4.69, 9.17) is 15.5 Å². The lowest BCUT2D eigenvalue weighted by atomic mass is 10.0. The maximum atomic E-state index is 14.0. The van der Waals surface area contributed by atoms with Crippen LogP contribution in [0.3, 0.4) is 0 Å². The molecule has 4 rings (SSSR count). The molecule has 0 fully saturated rings. The van der Waals surface area contributed by atoms with E-state index in [0.717, 1.165) is 30.3 Å². The van der Waals surface area contributed by atoms with Crippen molar-refractivity contribution in [3.8, 4) is 0 Å². The third kappa shape index (κ3) is 8.74. The predicted octanol–water partition coefficient (Wildman–Crippen LogP) is 1.20.